The summed E-state index contributed by atoms with van der Waals surface area (Å²) in [4.78, 5) is 2.51. The number of hydrogen-bond acceptors (Lipinski definition) is 2. The van der Waals surface area contributed by atoms with E-state index in [0.717, 1.165) is 57.0 Å². The Morgan fingerprint density at radius 3 is 2.09 bits per heavy atom. The van der Waals surface area contributed by atoms with Gasteiger partial charge in [0.2, 0.25) is 0 Å². The molecule has 310 valence electrons. The van der Waals surface area contributed by atoms with E-state index in [4.69, 9.17) is 4.42 Å². The van der Waals surface area contributed by atoms with Gasteiger partial charge in [0.05, 0.1) is 16.8 Å². The minimum atomic E-state index is 0.193. The fraction of sp³-hybridized carbons (Fsp3) is 0.258. The van der Waals surface area contributed by atoms with Crippen LogP contribution in [0.3, 0.4) is 0 Å². The maximum Gasteiger partial charge on any atom is 0.137 e. The van der Waals surface area contributed by atoms with E-state index in [1.54, 1.807) is 11.1 Å². The number of fused-ring (bicyclic) bond motifs is 12. The van der Waals surface area contributed by atoms with Gasteiger partial charge in [-0.25, -0.2) is 0 Å². The molecule has 5 fully saturated rings. The van der Waals surface area contributed by atoms with Gasteiger partial charge >= 0.3 is 0 Å². The first kappa shape index (κ1) is 36.0. The van der Waals surface area contributed by atoms with Crippen molar-refractivity contribution in [1.29, 1.82) is 0 Å². The Hall–Kier alpha value is -6.38. The molecule has 1 aromatic heterocycles. The van der Waals surface area contributed by atoms with E-state index < -0.39 is 0 Å². The molecule has 2 bridgehead atoms. The van der Waals surface area contributed by atoms with Crippen molar-refractivity contribution in [1.82, 2.24) is 0 Å². The molecule has 6 atom stereocenters. The molecule has 64 heavy (non-hydrogen) atoms. The SMILES string of the molecule is c1ccc(N(c2ccc(-c3ccc4c(c3)C3(c5ccccc5-4)C4CC5CC6CC3C64C5)cc2)c2cccc3oc4ccccc4c23)c(-c2cccc3cccc(C4CCCCC4)c23)c1. The van der Waals surface area contributed by atoms with Crippen LogP contribution in [0.1, 0.15) is 80.4 Å². The van der Waals surface area contributed by atoms with Gasteiger partial charge in [0.15, 0.2) is 0 Å². The maximum atomic E-state index is 6.56. The first-order valence-electron chi connectivity index (χ1n) is 24.4. The monoisotopic (exact) mass is 825 g/mol. The van der Waals surface area contributed by atoms with Crippen LogP contribution in [0.15, 0.2) is 174 Å². The molecule has 9 aromatic rings. The third kappa shape index (κ3) is 4.57. The van der Waals surface area contributed by atoms with Crippen LogP contribution in [0.4, 0.5) is 17.1 Å². The van der Waals surface area contributed by atoms with Crippen molar-refractivity contribution >= 4 is 49.8 Å². The van der Waals surface area contributed by atoms with Gasteiger partial charge in [-0.2, -0.15) is 0 Å². The summed E-state index contributed by atoms with van der Waals surface area (Å²) < 4.78 is 6.56. The van der Waals surface area contributed by atoms with Crippen LogP contribution < -0.4 is 4.90 Å². The molecule has 2 spiro atoms. The molecule has 0 aliphatic heterocycles. The average molecular weight is 826 g/mol. The van der Waals surface area contributed by atoms with Crippen molar-refractivity contribution in [2.24, 2.45) is 29.1 Å². The third-order valence-corrected chi connectivity index (χ3v) is 18.1. The molecule has 0 saturated heterocycles. The van der Waals surface area contributed by atoms with Crippen molar-refractivity contribution in [3.05, 3.63) is 187 Å². The Morgan fingerprint density at radius 1 is 0.500 bits per heavy atom. The van der Waals surface area contributed by atoms with E-state index in [2.05, 4.69) is 175 Å². The average Bonchev–Trinajstić information content (AvgIpc) is 4.09. The number of para-hydroxylation sites is 2. The molecular weight excluding hydrogens is 775 g/mol. The number of anilines is 3. The number of rotatable bonds is 6. The Kier molecular flexibility index (Phi) is 7.37. The lowest BCUT2D eigenvalue weighted by atomic mass is 9.27. The zero-order chi connectivity index (χ0) is 41.7. The van der Waals surface area contributed by atoms with E-state index in [1.165, 1.54) is 113 Å². The quantitative estimate of drug-likeness (QED) is 0.166. The summed E-state index contributed by atoms with van der Waals surface area (Å²) in [7, 11) is 0. The lowest BCUT2D eigenvalue weighted by Crippen LogP contribution is -2.73. The van der Waals surface area contributed by atoms with Crippen LogP contribution in [0.2, 0.25) is 0 Å². The van der Waals surface area contributed by atoms with Crippen LogP contribution >= 0.6 is 0 Å². The van der Waals surface area contributed by atoms with Crippen molar-refractivity contribution < 1.29 is 4.42 Å². The van der Waals surface area contributed by atoms with Gasteiger partial charge in [-0.1, -0.05) is 147 Å². The van der Waals surface area contributed by atoms with E-state index in [-0.39, 0.29) is 5.41 Å². The zero-order valence-corrected chi connectivity index (χ0v) is 36.3. The first-order valence-corrected chi connectivity index (χ1v) is 24.4. The van der Waals surface area contributed by atoms with Gasteiger partial charge in [0.25, 0.3) is 0 Å². The highest BCUT2D eigenvalue weighted by Crippen LogP contribution is 2.89. The van der Waals surface area contributed by atoms with Crippen LogP contribution in [-0.4, -0.2) is 0 Å². The summed E-state index contributed by atoms with van der Waals surface area (Å²) in [6, 6.07) is 64.6. The van der Waals surface area contributed by atoms with Crippen molar-refractivity contribution in [3.63, 3.8) is 0 Å². The molecule has 0 N–H and O–H groups in total. The molecule has 5 saturated carbocycles. The van der Waals surface area contributed by atoms with Gasteiger partial charge in [0.1, 0.15) is 11.2 Å². The van der Waals surface area contributed by atoms with Crippen molar-refractivity contribution in [2.45, 2.75) is 69.1 Å². The number of benzene rings is 8. The van der Waals surface area contributed by atoms with Gasteiger partial charge in [-0.3, -0.25) is 0 Å². The fourth-order valence-electron chi connectivity index (χ4n) is 15.9. The Morgan fingerprint density at radius 2 is 1.20 bits per heavy atom. The molecule has 8 aromatic carbocycles. The third-order valence-electron chi connectivity index (χ3n) is 18.1. The molecule has 1 heterocycles. The highest BCUT2D eigenvalue weighted by molar-refractivity contribution is 6.14. The second-order valence-electron chi connectivity index (χ2n) is 20.6. The Balaban J connectivity index is 0.895. The largest absolute Gasteiger partial charge is 0.456 e. The smallest absolute Gasteiger partial charge is 0.137 e. The highest BCUT2D eigenvalue weighted by Gasteiger charge is 2.84. The van der Waals surface area contributed by atoms with Crippen LogP contribution in [0, 0.1) is 29.1 Å². The minimum Gasteiger partial charge on any atom is -0.456 e. The maximum absolute atomic E-state index is 6.56. The molecule has 15 rings (SSSR count). The zero-order valence-electron chi connectivity index (χ0n) is 36.3. The van der Waals surface area contributed by atoms with Gasteiger partial charge in [-0.15, -0.1) is 0 Å². The topological polar surface area (TPSA) is 16.4 Å². The molecule has 6 aliphatic rings. The molecule has 0 radical (unpaired) electrons. The Labute approximate surface area is 375 Å². The first-order chi connectivity index (χ1) is 31.7. The molecule has 2 nitrogen and oxygen atoms in total. The molecule has 6 unspecified atom stereocenters. The lowest BCUT2D eigenvalue weighted by Gasteiger charge is -2.76. The van der Waals surface area contributed by atoms with E-state index in [1.807, 2.05) is 0 Å². The summed E-state index contributed by atoms with van der Waals surface area (Å²) in [5.74, 6) is 4.13. The van der Waals surface area contributed by atoms with Crippen LogP contribution in [0.25, 0.3) is 66.1 Å². The van der Waals surface area contributed by atoms with Crippen molar-refractivity contribution in [3.8, 4) is 33.4 Å². The summed E-state index contributed by atoms with van der Waals surface area (Å²) in [6.07, 6.45) is 12.4. The molecular formula is C62H51NO. The van der Waals surface area contributed by atoms with Crippen LogP contribution in [0.5, 0.6) is 0 Å². The number of furan rings is 1. The minimum absolute atomic E-state index is 0.193. The number of nitrogens with zero attached hydrogens (tertiary/aromatic N) is 1. The summed E-state index contributed by atoms with van der Waals surface area (Å²) >= 11 is 0. The highest BCUT2D eigenvalue weighted by atomic mass is 16.3. The lowest BCUT2D eigenvalue weighted by molar-refractivity contribution is -0.231. The predicted molar refractivity (Wildman–Crippen MR) is 264 cm³/mol. The predicted octanol–water partition coefficient (Wildman–Crippen LogP) is 16.9. The number of hydrogen-bond donors (Lipinski definition) is 0. The second kappa shape index (κ2) is 13.1. The Bertz CT molecular complexity index is 3380. The van der Waals surface area contributed by atoms with E-state index >= 15 is 0 Å². The summed E-state index contributed by atoms with van der Waals surface area (Å²) in [5.41, 5.74) is 19.0. The summed E-state index contributed by atoms with van der Waals surface area (Å²) in [6.45, 7) is 0. The van der Waals surface area contributed by atoms with Gasteiger partial charge in [0, 0.05) is 22.1 Å². The van der Waals surface area contributed by atoms with E-state index in [0.29, 0.717) is 11.3 Å². The summed E-state index contributed by atoms with van der Waals surface area (Å²) in [5, 5.41) is 5.00. The van der Waals surface area contributed by atoms with Crippen LogP contribution in [-0.2, 0) is 5.41 Å². The standard InChI is InChI=1S/C62H51NO/c1-2-13-40(14-3-1)45-20-10-15-41-16-11-21-49(59(41)45)48-18-5-8-23-53(48)63(54-24-12-26-56-60(54)50-19-6-9-25-55(50)64-56)44-30-27-39(28-31-44)42-29-32-47-46-17-4-7-22-51(46)62(52(47)35-42)57-34-38-33-43-36-58(62)61(43,57)37-38/h4-12,15-32,35,38,40,43,57-58H,1-3,13-14,33-34,36-37H2. The van der Waals surface area contributed by atoms with Gasteiger partial charge < -0.3 is 9.32 Å². The second-order valence-corrected chi connectivity index (χ2v) is 20.6. The normalized spacial score (nSPS) is 25.9. The molecule has 2 heteroatoms. The van der Waals surface area contributed by atoms with Crippen molar-refractivity contribution in [2.75, 3.05) is 4.90 Å². The molecule has 0 amide bonds. The van der Waals surface area contributed by atoms with Gasteiger partial charge in [-0.05, 0) is 171 Å². The molecule has 6 aliphatic carbocycles. The van der Waals surface area contributed by atoms with E-state index in [9.17, 15) is 0 Å². The fourth-order valence-corrected chi connectivity index (χ4v) is 15.9.